The van der Waals surface area contributed by atoms with Crippen LogP contribution in [-0.4, -0.2) is 41.7 Å². The van der Waals surface area contributed by atoms with E-state index in [1.54, 1.807) is 6.92 Å². The Bertz CT molecular complexity index is 964. The van der Waals surface area contributed by atoms with Gasteiger partial charge in [-0.2, -0.15) is 13.2 Å². The lowest BCUT2D eigenvalue weighted by Gasteiger charge is -2.17. The monoisotopic (exact) mass is 438 g/mol. The van der Waals surface area contributed by atoms with Crippen molar-refractivity contribution in [3.8, 4) is 11.6 Å². The van der Waals surface area contributed by atoms with Crippen molar-refractivity contribution in [1.82, 2.24) is 15.3 Å². The number of nitrogens with zero attached hydrogens (tertiary/aromatic N) is 2. The van der Waals surface area contributed by atoms with Crippen LogP contribution in [0.15, 0.2) is 30.6 Å². The maximum atomic E-state index is 12.6. The van der Waals surface area contributed by atoms with E-state index in [2.05, 4.69) is 25.3 Å². The minimum absolute atomic E-state index is 0.00451. The number of rotatable bonds is 8. The fourth-order valence-electron chi connectivity index (χ4n) is 2.67. The van der Waals surface area contributed by atoms with E-state index in [1.165, 1.54) is 37.7 Å². The molecule has 11 heteroatoms. The van der Waals surface area contributed by atoms with Gasteiger partial charge in [0.1, 0.15) is 5.82 Å². The molecule has 1 aliphatic carbocycles. The van der Waals surface area contributed by atoms with E-state index in [0.29, 0.717) is 5.56 Å². The molecule has 0 saturated heterocycles. The van der Waals surface area contributed by atoms with Crippen molar-refractivity contribution >= 4 is 17.6 Å². The lowest BCUT2D eigenvalue weighted by atomic mass is 10.1. The molecule has 0 aromatic carbocycles. The van der Waals surface area contributed by atoms with Gasteiger partial charge in [-0.05, 0) is 43.5 Å². The minimum atomic E-state index is -4.51. The molecule has 166 valence electrons. The lowest BCUT2D eigenvalue weighted by molar-refractivity contribution is -0.154. The van der Waals surface area contributed by atoms with Crippen molar-refractivity contribution in [2.24, 2.45) is 5.92 Å². The third-order valence-electron chi connectivity index (χ3n) is 4.50. The minimum Gasteiger partial charge on any atom is -0.491 e. The van der Waals surface area contributed by atoms with Gasteiger partial charge in [0.15, 0.2) is 12.4 Å². The zero-order valence-corrected chi connectivity index (χ0v) is 16.8. The largest absolute Gasteiger partial charge is 0.491 e. The highest BCUT2D eigenvalue weighted by molar-refractivity contribution is 5.97. The van der Waals surface area contributed by atoms with Crippen molar-refractivity contribution in [2.45, 2.75) is 32.0 Å². The van der Waals surface area contributed by atoms with Crippen LogP contribution in [0.5, 0.6) is 11.6 Å². The normalized spacial score (nSPS) is 14.5. The number of aromatic nitrogens is 2. The number of pyridine rings is 2. The van der Waals surface area contributed by atoms with E-state index >= 15 is 0 Å². The molecule has 31 heavy (non-hydrogen) atoms. The SMILES string of the molecule is COc1cc(C(C)NC(=O)c2ccnc(NC(=O)C3CC3)c2)cnc1OCC(F)(F)F. The lowest BCUT2D eigenvalue weighted by Crippen LogP contribution is -2.27. The Hall–Kier alpha value is -3.37. The van der Waals surface area contributed by atoms with Crippen LogP contribution < -0.4 is 20.1 Å². The molecule has 0 spiro atoms. The molecule has 2 heterocycles. The van der Waals surface area contributed by atoms with Crippen LogP contribution in [0.25, 0.3) is 0 Å². The smallest absolute Gasteiger partial charge is 0.422 e. The number of halogens is 3. The molecule has 2 aromatic heterocycles. The summed E-state index contributed by atoms with van der Waals surface area (Å²) in [5.41, 5.74) is 0.791. The molecule has 0 aliphatic heterocycles. The Kier molecular flexibility index (Phi) is 6.62. The highest BCUT2D eigenvalue weighted by Crippen LogP contribution is 2.30. The van der Waals surface area contributed by atoms with E-state index in [0.717, 1.165) is 12.8 Å². The van der Waals surface area contributed by atoms with Gasteiger partial charge in [0, 0.05) is 23.9 Å². The molecule has 8 nitrogen and oxygen atoms in total. The first-order valence-electron chi connectivity index (χ1n) is 9.47. The van der Waals surface area contributed by atoms with Crippen LogP contribution in [0.4, 0.5) is 19.0 Å². The van der Waals surface area contributed by atoms with Crippen LogP contribution in [0, 0.1) is 5.92 Å². The third kappa shape index (κ3) is 6.30. The number of methoxy groups -OCH3 is 1. The number of carbonyl (C=O) groups excluding carboxylic acids is 2. The van der Waals surface area contributed by atoms with E-state index < -0.39 is 24.7 Å². The standard InChI is InChI=1S/C20H21F3N4O4/c1-11(14-7-15(30-2)19(25-9-14)31-10-20(21,22)23)26-18(29)13-5-6-24-16(8-13)27-17(28)12-3-4-12/h5-9,11-12H,3-4,10H2,1-2H3,(H,26,29)(H,24,27,28). The first-order valence-corrected chi connectivity index (χ1v) is 9.47. The first kappa shape index (κ1) is 22.3. The molecule has 2 amide bonds. The summed E-state index contributed by atoms with van der Waals surface area (Å²) in [5.74, 6) is -0.543. The van der Waals surface area contributed by atoms with Crippen molar-refractivity contribution < 1.29 is 32.2 Å². The molecular weight excluding hydrogens is 417 g/mol. The van der Waals surface area contributed by atoms with Gasteiger partial charge in [0.25, 0.3) is 11.8 Å². The average Bonchev–Trinajstić information content (AvgIpc) is 3.57. The topological polar surface area (TPSA) is 102 Å². The second-order valence-corrected chi connectivity index (χ2v) is 7.07. The zero-order valence-electron chi connectivity index (χ0n) is 16.8. The number of carbonyl (C=O) groups is 2. The maximum absolute atomic E-state index is 12.6. The Balaban J connectivity index is 1.65. The summed E-state index contributed by atoms with van der Waals surface area (Å²) in [7, 11) is 1.28. The number of nitrogens with one attached hydrogen (secondary N) is 2. The highest BCUT2D eigenvalue weighted by atomic mass is 19.4. The number of hydrogen-bond donors (Lipinski definition) is 2. The number of amides is 2. The summed E-state index contributed by atoms with van der Waals surface area (Å²) >= 11 is 0. The molecule has 3 rings (SSSR count). The second kappa shape index (κ2) is 9.19. The highest BCUT2D eigenvalue weighted by Gasteiger charge is 2.30. The van der Waals surface area contributed by atoms with Gasteiger partial charge in [0.2, 0.25) is 5.91 Å². The fourth-order valence-corrected chi connectivity index (χ4v) is 2.67. The average molecular weight is 438 g/mol. The molecule has 2 aromatic rings. The summed E-state index contributed by atoms with van der Waals surface area (Å²) in [5, 5.41) is 5.44. The van der Waals surface area contributed by atoms with Gasteiger partial charge in [0.05, 0.1) is 13.2 Å². The van der Waals surface area contributed by atoms with Gasteiger partial charge in [-0.15, -0.1) is 0 Å². The number of ether oxygens (including phenoxy) is 2. The van der Waals surface area contributed by atoms with Gasteiger partial charge in [-0.25, -0.2) is 9.97 Å². The fraction of sp³-hybridized carbons (Fsp3) is 0.400. The molecule has 1 unspecified atom stereocenters. The van der Waals surface area contributed by atoms with Gasteiger partial charge in [-0.1, -0.05) is 0 Å². The summed E-state index contributed by atoms with van der Waals surface area (Å²) in [6.45, 7) is 0.186. The molecule has 0 bridgehead atoms. The van der Waals surface area contributed by atoms with Gasteiger partial charge < -0.3 is 20.1 Å². The van der Waals surface area contributed by atoms with E-state index in [9.17, 15) is 22.8 Å². The number of anilines is 1. The summed E-state index contributed by atoms with van der Waals surface area (Å²) in [4.78, 5) is 32.4. The summed E-state index contributed by atoms with van der Waals surface area (Å²) in [6, 6.07) is 3.87. The van der Waals surface area contributed by atoms with Crippen LogP contribution in [0.1, 0.15) is 41.7 Å². The van der Waals surface area contributed by atoms with Crippen LogP contribution in [0.3, 0.4) is 0 Å². The molecule has 0 radical (unpaired) electrons. The predicted octanol–water partition coefficient (Wildman–Crippen LogP) is 3.27. The van der Waals surface area contributed by atoms with E-state index in [-0.39, 0.29) is 34.8 Å². The summed E-state index contributed by atoms with van der Waals surface area (Å²) < 4.78 is 46.8. The van der Waals surface area contributed by atoms with E-state index in [1.807, 2.05) is 0 Å². The van der Waals surface area contributed by atoms with Crippen LogP contribution in [-0.2, 0) is 4.79 Å². The van der Waals surface area contributed by atoms with Gasteiger partial charge in [-0.3, -0.25) is 9.59 Å². The Morgan fingerprint density at radius 2 is 2.00 bits per heavy atom. The van der Waals surface area contributed by atoms with Crippen molar-refractivity contribution in [3.63, 3.8) is 0 Å². The predicted molar refractivity (Wildman–Crippen MR) is 104 cm³/mol. The maximum Gasteiger partial charge on any atom is 0.422 e. The third-order valence-corrected chi connectivity index (χ3v) is 4.50. The summed E-state index contributed by atoms with van der Waals surface area (Å²) in [6.07, 6.45) is -0.0945. The van der Waals surface area contributed by atoms with Crippen molar-refractivity contribution in [2.75, 3.05) is 19.0 Å². The Morgan fingerprint density at radius 1 is 1.26 bits per heavy atom. The molecule has 1 atom stereocenters. The molecular formula is C20H21F3N4O4. The number of alkyl halides is 3. The van der Waals surface area contributed by atoms with Crippen LogP contribution >= 0.6 is 0 Å². The van der Waals surface area contributed by atoms with E-state index in [4.69, 9.17) is 4.74 Å². The first-order chi connectivity index (χ1) is 14.7. The molecule has 2 N–H and O–H groups in total. The van der Waals surface area contributed by atoms with Gasteiger partial charge >= 0.3 is 6.18 Å². The van der Waals surface area contributed by atoms with Crippen molar-refractivity contribution in [1.29, 1.82) is 0 Å². The quantitative estimate of drug-likeness (QED) is 0.656. The Labute approximate surface area is 176 Å². The zero-order chi connectivity index (χ0) is 22.6. The Morgan fingerprint density at radius 3 is 2.65 bits per heavy atom. The number of hydrogen-bond acceptors (Lipinski definition) is 6. The molecule has 1 fully saturated rings. The molecule has 1 saturated carbocycles. The van der Waals surface area contributed by atoms with Crippen LogP contribution in [0.2, 0.25) is 0 Å². The van der Waals surface area contributed by atoms with Crippen molar-refractivity contribution in [3.05, 3.63) is 41.7 Å². The molecule has 1 aliphatic rings. The second-order valence-electron chi connectivity index (χ2n) is 7.07.